The molecule has 1 unspecified atom stereocenters. The predicted octanol–water partition coefficient (Wildman–Crippen LogP) is 4.27. The van der Waals surface area contributed by atoms with Crippen LogP contribution in [0.2, 0.25) is 0 Å². The molecule has 0 spiro atoms. The van der Waals surface area contributed by atoms with E-state index in [9.17, 15) is 9.59 Å². The largest absolute Gasteiger partial charge is 0.467 e. The van der Waals surface area contributed by atoms with E-state index in [4.69, 9.17) is 15.2 Å². The van der Waals surface area contributed by atoms with E-state index < -0.39 is 17.7 Å². The number of benzene rings is 1. The Morgan fingerprint density at radius 1 is 1.24 bits per heavy atom. The number of nitrogens with two attached hydrogens (primary N) is 1. The van der Waals surface area contributed by atoms with Gasteiger partial charge in [-0.15, -0.1) is 0 Å². The summed E-state index contributed by atoms with van der Waals surface area (Å²) in [5, 5.41) is 0. The van der Waals surface area contributed by atoms with Crippen molar-refractivity contribution in [2.24, 2.45) is 5.73 Å². The van der Waals surface area contributed by atoms with Crippen molar-refractivity contribution in [3.05, 3.63) is 64.4 Å². The minimum absolute atomic E-state index is 0.205. The average Bonchev–Trinajstić information content (AvgIpc) is 3.48. The molecule has 154 valence electrons. The lowest BCUT2D eigenvalue weighted by Crippen LogP contribution is -2.30. The first-order valence-corrected chi connectivity index (χ1v) is 9.86. The van der Waals surface area contributed by atoms with Gasteiger partial charge < -0.3 is 15.2 Å². The van der Waals surface area contributed by atoms with Crippen molar-refractivity contribution in [1.82, 2.24) is 0 Å². The van der Waals surface area contributed by atoms with Crippen molar-refractivity contribution >= 4 is 17.3 Å². The normalized spacial score (nSPS) is 18.2. The maximum absolute atomic E-state index is 12.8. The van der Waals surface area contributed by atoms with Crippen molar-refractivity contribution in [3.8, 4) is 0 Å². The molecule has 1 fully saturated rings. The third-order valence-electron chi connectivity index (χ3n) is 5.25. The lowest BCUT2D eigenvalue weighted by atomic mass is 9.82. The number of ether oxygens (including phenoxy) is 2. The fourth-order valence-electron chi connectivity index (χ4n) is 3.66. The van der Waals surface area contributed by atoms with E-state index >= 15 is 0 Å². The second kappa shape index (κ2) is 7.64. The molecule has 2 aliphatic carbocycles. The highest BCUT2D eigenvalue weighted by Crippen LogP contribution is 2.47. The van der Waals surface area contributed by atoms with Gasteiger partial charge in [0, 0.05) is 16.7 Å². The predicted molar refractivity (Wildman–Crippen MR) is 113 cm³/mol. The summed E-state index contributed by atoms with van der Waals surface area (Å²) in [6, 6.07) is 4.10. The molecule has 0 amide bonds. The maximum atomic E-state index is 12.8. The Labute approximate surface area is 172 Å². The Bertz CT molecular complexity index is 942. The molecule has 0 aromatic heterocycles. The Kier molecular flexibility index (Phi) is 5.54. The van der Waals surface area contributed by atoms with Gasteiger partial charge in [-0.05, 0) is 75.3 Å². The molecular formula is C24H29NO4. The van der Waals surface area contributed by atoms with Gasteiger partial charge in [0.25, 0.3) is 0 Å². The highest BCUT2D eigenvalue weighted by Gasteiger charge is 2.36. The summed E-state index contributed by atoms with van der Waals surface area (Å²) >= 11 is 0. The lowest BCUT2D eigenvalue weighted by Gasteiger charge is -2.30. The van der Waals surface area contributed by atoms with Gasteiger partial charge in [0.05, 0.1) is 18.4 Å². The van der Waals surface area contributed by atoms with Gasteiger partial charge in [-0.2, -0.15) is 0 Å². The number of methoxy groups -OCH3 is 1. The fourth-order valence-corrected chi connectivity index (χ4v) is 3.66. The van der Waals surface area contributed by atoms with Crippen molar-refractivity contribution in [2.75, 3.05) is 7.11 Å². The zero-order chi connectivity index (χ0) is 21.5. The highest BCUT2D eigenvalue weighted by molar-refractivity contribution is 6.13. The molecule has 1 aromatic carbocycles. The zero-order valence-electron chi connectivity index (χ0n) is 17.8. The third kappa shape index (κ3) is 4.20. The Morgan fingerprint density at radius 2 is 1.90 bits per heavy atom. The molecule has 2 aliphatic rings. The Morgan fingerprint density at radius 3 is 2.45 bits per heavy atom. The lowest BCUT2D eigenvalue weighted by molar-refractivity contribution is -0.164. The quantitative estimate of drug-likeness (QED) is 0.595. The Balaban J connectivity index is 2.31. The van der Waals surface area contributed by atoms with E-state index in [-0.39, 0.29) is 11.4 Å². The van der Waals surface area contributed by atoms with Crippen molar-refractivity contribution in [2.45, 2.75) is 58.2 Å². The monoisotopic (exact) mass is 395 g/mol. The van der Waals surface area contributed by atoms with E-state index in [0.717, 1.165) is 35.1 Å². The number of ketones is 1. The van der Waals surface area contributed by atoms with E-state index in [1.165, 1.54) is 13.2 Å². The van der Waals surface area contributed by atoms with Crippen molar-refractivity contribution in [3.63, 3.8) is 0 Å². The molecular weight excluding hydrogens is 366 g/mol. The van der Waals surface area contributed by atoms with Crippen LogP contribution < -0.4 is 5.73 Å². The number of allylic oxidation sites excluding steroid dienone is 4. The summed E-state index contributed by atoms with van der Waals surface area (Å²) in [5.74, 6) is -0.271. The maximum Gasteiger partial charge on any atom is 0.339 e. The molecule has 5 heteroatoms. The molecule has 2 N–H and O–H groups in total. The van der Waals surface area contributed by atoms with Gasteiger partial charge in [0.2, 0.25) is 0 Å². The molecule has 0 bridgehead atoms. The molecule has 1 aromatic rings. The first-order valence-electron chi connectivity index (χ1n) is 9.86. The number of hydrogen-bond donors (Lipinski definition) is 1. The summed E-state index contributed by atoms with van der Waals surface area (Å²) in [4.78, 5) is 24.8. The van der Waals surface area contributed by atoms with E-state index in [1.807, 2.05) is 33.8 Å². The van der Waals surface area contributed by atoms with Crippen molar-refractivity contribution < 1.29 is 19.1 Å². The number of esters is 1. The summed E-state index contributed by atoms with van der Waals surface area (Å²) in [7, 11) is 1.36. The molecule has 0 radical (unpaired) electrons. The third-order valence-corrected chi connectivity index (χ3v) is 5.25. The van der Waals surface area contributed by atoms with E-state index in [1.54, 1.807) is 6.08 Å². The summed E-state index contributed by atoms with van der Waals surface area (Å²) in [6.45, 7) is 11.5. The molecule has 1 atom stereocenters. The number of aryl methyl sites for hydroxylation is 1. The minimum Gasteiger partial charge on any atom is -0.467 e. The first-order chi connectivity index (χ1) is 13.5. The number of hydrogen-bond acceptors (Lipinski definition) is 5. The molecule has 0 heterocycles. The SMILES string of the molecule is C=C1C(=O)C=CC(c2c(C3CC3)ccc(C)c2C(OC(C)(C)C)C(=O)OC)=C1N. The van der Waals surface area contributed by atoms with Gasteiger partial charge in [-0.3, -0.25) is 4.79 Å². The minimum atomic E-state index is -0.909. The molecule has 1 saturated carbocycles. The number of carbonyl (C=O) groups is 2. The summed E-state index contributed by atoms with van der Waals surface area (Å²) < 4.78 is 11.3. The van der Waals surface area contributed by atoms with Crippen LogP contribution in [0.1, 0.15) is 67.9 Å². The van der Waals surface area contributed by atoms with Gasteiger partial charge in [0.1, 0.15) is 0 Å². The molecule has 0 saturated heterocycles. The van der Waals surface area contributed by atoms with Crippen LogP contribution in [-0.2, 0) is 19.1 Å². The average molecular weight is 395 g/mol. The smallest absolute Gasteiger partial charge is 0.339 e. The van der Waals surface area contributed by atoms with Gasteiger partial charge in [-0.1, -0.05) is 18.7 Å². The highest BCUT2D eigenvalue weighted by atomic mass is 16.6. The number of rotatable bonds is 5. The first kappa shape index (κ1) is 21.1. The van der Waals surface area contributed by atoms with Crippen molar-refractivity contribution in [1.29, 1.82) is 0 Å². The zero-order valence-corrected chi connectivity index (χ0v) is 17.8. The van der Waals surface area contributed by atoms with Crippen LogP contribution in [0.25, 0.3) is 5.57 Å². The summed E-state index contributed by atoms with van der Waals surface area (Å²) in [5.41, 5.74) is 10.7. The molecule has 29 heavy (non-hydrogen) atoms. The van der Waals surface area contributed by atoms with Crippen LogP contribution in [0.15, 0.2) is 42.1 Å². The van der Waals surface area contributed by atoms with Crippen LogP contribution in [0.3, 0.4) is 0 Å². The molecule has 0 aliphatic heterocycles. The second-order valence-corrected chi connectivity index (χ2v) is 8.67. The number of carbonyl (C=O) groups excluding carboxylic acids is 2. The van der Waals surface area contributed by atoms with E-state index in [0.29, 0.717) is 17.2 Å². The second-order valence-electron chi connectivity index (χ2n) is 8.67. The van der Waals surface area contributed by atoms with Crippen LogP contribution >= 0.6 is 0 Å². The van der Waals surface area contributed by atoms with Crippen LogP contribution in [0, 0.1) is 6.92 Å². The fraction of sp³-hybridized carbons (Fsp3) is 0.417. The summed E-state index contributed by atoms with van der Waals surface area (Å²) in [6.07, 6.45) is 4.45. The van der Waals surface area contributed by atoms with Gasteiger partial charge >= 0.3 is 5.97 Å². The van der Waals surface area contributed by atoms with Crippen LogP contribution in [0.5, 0.6) is 0 Å². The topological polar surface area (TPSA) is 78.6 Å². The molecule has 5 nitrogen and oxygen atoms in total. The standard InChI is InChI=1S/C24H29NO4/c1-13-7-10-16(15-8-9-15)20(17-11-12-18(26)14(2)21(17)25)19(13)22(23(27)28-6)29-24(3,4)5/h7,10-12,15,22H,2,8-9,25H2,1,3-6H3. The molecule has 3 rings (SSSR count). The van der Waals surface area contributed by atoms with Gasteiger partial charge in [-0.25, -0.2) is 4.79 Å². The Hall–Kier alpha value is -2.66. The van der Waals surface area contributed by atoms with Gasteiger partial charge in [0.15, 0.2) is 11.9 Å². The van der Waals surface area contributed by atoms with Crippen LogP contribution in [-0.4, -0.2) is 24.5 Å². The van der Waals surface area contributed by atoms with Crippen LogP contribution in [0.4, 0.5) is 0 Å². The van der Waals surface area contributed by atoms with E-state index in [2.05, 4.69) is 12.6 Å².